The predicted molar refractivity (Wildman–Crippen MR) is 101 cm³/mol. The van der Waals surface area contributed by atoms with Crippen molar-refractivity contribution in [3.63, 3.8) is 0 Å². The monoisotopic (exact) mass is 354 g/mol. The van der Waals surface area contributed by atoms with Gasteiger partial charge in [-0.15, -0.1) is 0 Å². The van der Waals surface area contributed by atoms with Gasteiger partial charge in [0.15, 0.2) is 0 Å². The topological polar surface area (TPSA) is 67.2 Å². The summed E-state index contributed by atoms with van der Waals surface area (Å²) in [5.74, 6) is 0.0586. The Morgan fingerprint density at radius 2 is 2.04 bits per heavy atom. The summed E-state index contributed by atoms with van der Waals surface area (Å²) in [6, 6.07) is 8.03. The number of carbonyl (C=O) groups excluding carboxylic acids is 2. The maximum atomic E-state index is 12.5. The summed E-state index contributed by atoms with van der Waals surface area (Å²) in [5.41, 5.74) is 3.06. The van der Waals surface area contributed by atoms with Gasteiger partial charge in [-0.3, -0.25) is 9.59 Å². The van der Waals surface area contributed by atoms with E-state index in [9.17, 15) is 9.59 Å². The van der Waals surface area contributed by atoms with E-state index in [2.05, 4.69) is 24.1 Å². The van der Waals surface area contributed by atoms with Crippen LogP contribution in [0.5, 0.6) is 0 Å². The molecule has 1 N–H and O–H groups in total. The van der Waals surface area contributed by atoms with Crippen LogP contribution >= 0.6 is 0 Å². The molecule has 1 aliphatic heterocycles. The predicted octanol–water partition coefficient (Wildman–Crippen LogP) is 2.70. The average molecular weight is 354 g/mol. The van der Waals surface area contributed by atoms with Crippen molar-refractivity contribution in [3.8, 4) is 0 Å². The van der Waals surface area contributed by atoms with Crippen LogP contribution in [0.1, 0.15) is 44.4 Å². The molecular weight excluding hydrogens is 328 g/mol. The minimum absolute atomic E-state index is 0.000969. The third-order valence-electron chi connectivity index (χ3n) is 4.95. The number of carbonyl (C=O) groups is 2. The lowest BCUT2D eigenvalue weighted by Crippen LogP contribution is -2.33. The highest BCUT2D eigenvalue weighted by molar-refractivity contribution is 6.00. The Bertz CT molecular complexity index is 779. The number of nitrogens with one attached hydrogen (secondary N) is 1. The molecular formula is C20H26N4O2. The highest BCUT2D eigenvalue weighted by atomic mass is 16.2. The van der Waals surface area contributed by atoms with Gasteiger partial charge in [0.2, 0.25) is 11.8 Å². The molecule has 2 aromatic rings. The number of benzene rings is 1. The van der Waals surface area contributed by atoms with E-state index >= 15 is 0 Å². The average Bonchev–Trinajstić information content (AvgIpc) is 3.25. The van der Waals surface area contributed by atoms with E-state index in [0.29, 0.717) is 19.0 Å². The van der Waals surface area contributed by atoms with Crippen molar-refractivity contribution in [2.24, 2.45) is 5.92 Å². The van der Waals surface area contributed by atoms with Gasteiger partial charge in [0.25, 0.3) is 0 Å². The maximum absolute atomic E-state index is 12.5. The van der Waals surface area contributed by atoms with Crippen LogP contribution in [0.4, 0.5) is 5.69 Å². The summed E-state index contributed by atoms with van der Waals surface area (Å²) >= 11 is 0. The number of hydrogen-bond donors (Lipinski definition) is 1. The summed E-state index contributed by atoms with van der Waals surface area (Å²) in [7, 11) is 0. The quantitative estimate of drug-likeness (QED) is 0.867. The lowest BCUT2D eigenvalue weighted by molar-refractivity contribution is -0.126. The molecule has 1 atom stereocenters. The molecule has 2 heterocycles. The van der Waals surface area contributed by atoms with E-state index in [1.165, 1.54) is 5.56 Å². The minimum atomic E-state index is -0.315. The van der Waals surface area contributed by atoms with Gasteiger partial charge >= 0.3 is 0 Å². The molecule has 0 aliphatic carbocycles. The SMILES string of the molecule is CCn1cncc1CNC(=O)[C@H]1CC(=O)N(c2ccc(C(C)C)cc2)C1. The smallest absolute Gasteiger partial charge is 0.227 e. The van der Waals surface area contributed by atoms with Gasteiger partial charge in [0, 0.05) is 31.4 Å². The second-order valence-corrected chi connectivity index (χ2v) is 7.04. The highest BCUT2D eigenvalue weighted by Crippen LogP contribution is 2.27. The van der Waals surface area contributed by atoms with Crippen LogP contribution in [-0.2, 0) is 22.7 Å². The molecule has 2 amide bonds. The van der Waals surface area contributed by atoms with Crippen molar-refractivity contribution in [1.82, 2.24) is 14.9 Å². The van der Waals surface area contributed by atoms with Crippen molar-refractivity contribution in [3.05, 3.63) is 48.0 Å². The number of aromatic nitrogens is 2. The maximum Gasteiger partial charge on any atom is 0.227 e. The van der Waals surface area contributed by atoms with E-state index < -0.39 is 0 Å². The number of nitrogens with zero attached hydrogens (tertiary/aromatic N) is 3. The molecule has 0 spiro atoms. The minimum Gasteiger partial charge on any atom is -0.350 e. The van der Waals surface area contributed by atoms with Gasteiger partial charge in [-0.25, -0.2) is 4.98 Å². The fraction of sp³-hybridized carbons (Fsp3) is 0.450. The Hall–Kier alpha value is -2.63. The van der Waals surface area contributed by atoms with Gasteiger partial charge in [0.05, 0.1) is 24.5 Å². The largest absolute Gasteiger partial charge is 0.350 e. The molecule has 0 saturated carbocycles. The van der Waals surface area contributed by atoms with Crippen LogP contribution in [0.25, 0.3) is 0 Å². The Labute approximate surface area is 154 Å². The van der Waals surface area contributed by atoms with Crippen molar-refractivity contribution in [1.29, 1.82) is 0 Å². The molecule has 26 heavy (non-hydrogen) atoms. The molecule has 6 heteroatoms. The summed E-state index contributed by atoms with van der Waals surface area (Å²) < 4.78 is 1.99. The van der Waals surface area contributed by atoms with Gasteiger partial charge in [-0.1, -0.05) is 26.0 Å². The van der Waals surface area contributed by atoms with E-state index in [0.717, 1.165) is 17.9 Å². The van der Waals surface area contributed by atoms with Crippen LogP contribution < -0.4 is 10.2 Å². The fourth-order valence-electron chi connectivity index (χ4n) is 3.27. The molecule has 1 saturated heterocycles. The Kier molecular flexibility index (Phi) is 5.40. The van der Waals surface area contributed by atoms with Gasteiger partial charge in [-0.2, -0.15) is 0 Å². The van der Waals surface area contributed by atoms with Gasteiger partial charge in [0.1, 0.15) is 0 Å². The van der Waals surface area contributed by atoms with Crippen molar-refractivity contribution in [2.75, 3.05) is 11.4 Å². The first-order chi connectivity index (χ1) is 12.5. The van der Waals surface area contributed by atoms with E-state index in [1.54, 1.807) is 17.4 Å². The first-order valence-corrected chi connectivity index (χ1v) is 9.16. The summed E-state index contributed by atoms with van der Waals surface area (Å²) in [5, 5.41) is 2.94. The molecule has 1 aromatic heterocycles. The molecule has 6 nitrogen and oxygen atoms in total. The van der Waals surface area contributed by atoms with E-state index in [4.69, 9.17) is 0 Å². The zero-order chi connectivity index (χ0) is 18.7. The van der Waals surface area contributed by atoms with Crippen LogP contribution in [0.2, 0.25) is 0 Å². The number of hydrogen-bond acceptors (Lipinski definition) is 3. The standard InChI is InChI=1S/C20H26N4O2/c1-4-23-13-21-10-18(23)11-22-20(26)16-9-19(25)24(12-16)17-7-5-15(6-8-17)14(2)3/h5-8,10,13-14,16H,4,9,11-12H2,1-3H3,(H,22,26)/t16-/m0/s1. The van der Waals surface area contributed by atoms with Gasteiger partial charge in [-0.05, 0) is 30.5 Å². The van der Waals surface area contributed by atoms with Crippen LogP contribution in [0, 0.1) is 5.92 Å². The van der Waals surface area contributed by atoms with E-state index in [1.807, 2.05) is 35.8 Å². The molecule has 1 fully saturated rings. The third kappa shape index (κ3) is 3.79. The molecule has 0 unspecified atom stereocenters. The third-order valence-corrected chi connectivity index (χ3v) is 4.95. The van der Waals surface area contributed by atoms with Crippen molar-refractivity contribution < 1.29 is 9.59 Å². The van der Waals surface area contributed by atoms with Crippen molar-refractivity contribution >= 4 is 17.5 Å². The number of imidazole rings is 1. The number of aryl methyl sites for hydroxylation is 1. The summed E-state index contributed by atoms with van der Waals surface area (Å²) in [6.45, 7) is 7.99. The summed E-state index contributed by atoms with van der Waals surface area (Å²) in [4.78, 5) is 30.7. The zero-order valence-electron chi connectivity index (χ0n) is 15.6. The molecule has 0 radical (unpaired) electrons. The van der Waals surface area contributed by atoms with Crippen LogP contribution in [-0.4, -0.2) is 27.9 Å². The van der Waals surface area contributed by atoms with Crippen molar-refractivity contribution in [2.45, 2.75) is 46.2 Å². The van der Waals surface area contributed by atoms with Gasteiger partial charge < -0.3 is 14.8 Å². The Balaban J connectivity index is 1.60. The number of anilines is 1. The Morgan fingerprint density at radius 1 is 1.31 bits per heavy atom. The highest BCUT2D eigenvalue weighted by Gasteiger charge is 2.35. The number of amides is 2. The van der Waals surface area contributed by atoms with Crippen LogP contribution in [0.3, 0.4) is 0 Å². The first kappa shape index (κ1) is 18.2. The molecule has 0 bridgehead atoms. The second kappa shape index (κ2) is 7.72. The normalized spacial score (nSPS) is 17.2. The van der Waals surface area contributed by atoms with Crippen LogP contribution in [0.15, 0.2) is 36.8 Å². The zero-order valence-corrected chi connectivity index (χ0v) is 15.6. The fourth-order valence-corrected chi connectivity index (χ4v) is 3.27. The molecule has 1 aliphatic rings. The lowest BCUT2D eigenvalue weighted by Gasteiger charge is -2.18. The van der Waals surface area contributed by atoms with E-state index in [-0.39, 0.29) is 24.2 Å². The summed E-state index contributed by atoms with van der Waals surface area (Å²) in [6.07, 6.45) is 3.76. The number of rotatable bonds is 6. The second-order valence-electron chi connectivity index (χ2n) is 7.04. The lowest BCUT2D eigenvalue weighted by atomic mass is 10.0. The molecule has 1 aromatic carbocycles. The Morgan fingerprint density at radius 3 is 2.69 bits per heavy atom. The molecule has 3 rings (SSSR count). The first-order valence-electron chi connectivity index (χ1n) is 9.16. The molecule has 138 valence electrons.